The Morgan fingerprint density at radius 3 is 2.62 bits per heavy atom. The SMILES string of the molecule is C[C@H]1c2nn(C)c(-c3cc(F)c(F)c(F)c3)c2CCN1C(=O)c1cccc2c1CCCO2. The molecule has 1 amide bonds. The van der Waals surface area contributed by atoms with Gasteiger partial charge >= 0.3 is 0 Å². The molecule has 0 saturated carbocycles. The second kappa shape index (κ2) is 7.69. The van der Waals surface area contributed by atoms with E-state index in [1.165, 1.54) is 0 Å². The second-order valence-electron chi connectivity index (χ2n) is 8.25. The molecular formula is C24H22F3N3O2. The van der Waals surface area contributed by atoms with Crippen molar-refractivity contribution in [3.8, 4) is 17.0 Å². The lowest BCUT2D eigenvalue weighted by Gasteiger charge is -2.34. The molecule has 0 saturated heterocycles. The highest BCUT2D eigenvalue weighted by Gasteiger charge is 2.34. The highest BCUT2D eigenvalue weighted by molar-refractivity contribution is 5.97. The molecule has 5 rings (SSSR count). The van der Waals surface area contributed by atoms with Crippen LogP contribution in [0.3, 0.4) is 0 Å². The fraction of sp³-hybridized carbons (Fsp3) is 0.333. The number of aryl methyl sites for hydroxylation is 1. The summed E-state index contributed by atoms with van der Waals surface area (Å²) in [4.78, 5) is 15.2. The van der Waals surface area contributed by atoms with Gasteiger partial charge in [-0.05, 0) is 50.5 Å². The molecule has 8 heteroatoms. The van der Waals surface area contributed by atoms with Crippen LogP contribution in [0.2, 0.25) is 0 Å². The number of fused-ring (bicyclic) bond motifs is 2. The van der Waals surface area contributed by atoms with Gasteiger partial charge in [0.15, 0.2) is 17.5 Å². The van der Waals surface area contributed by atoms with Crippen LogP contribution >= 0.6 is 0 Å². The maximum Gasteiger partial charge on any atom is 0.254 e. The molecule has 0 fully saturated rings. The van der Waals surface area contributed by atoms with Crippen LogP contribution in [0, 0.1) is 17.5 Å². The molecule has 32 heavy (non-hydrogen) atoms. The molecule has 3 aromatic rings. The van der Waals surface area contributed by atoms with E-state index in [9.17, 15) is 18.0 Å². The molecule has 2 aliphatic heterocycles. The van der Waals surface area contributed by atoms with E-state index in [4.69, 9.17) is 4.74 Å². The van der Waals surface area contributed by atoms with E-state index in [2.05, 4.69) is 5.10 Å². The number of halogens is 3. The molecule has 166 valence electrons. The summed E-state index contributed by atoms with van der Waals surface area (Å²) in [6.45, 7) is 2.97. The Bertz CT molecular complexity index is 1210. The zero-order valence-corrected chi connectivity index (χ0v) is 17.8. The molecule has 3 heterocycles. The van der Waals surface area contributed by atoms with Crippen molar-refractivity contribution in [3.05, 3.63) is 70.2 Å². The number of carbonyl (C=O) groups is 1. The largest absolute Gasteiger partial charge is 0.493 e. The molecule has 0 radical (unpaired) electrons. The van der Waals surface area contributed by atoms with Gasteiger partial charge in [0.2, 0.25) is 0 Å². The van der Waals surface area contributed by atoms with Crippen LogP contribution < -0.4 is 4.74 Å². The first-order valence-corrected chi connectivity index (χ1v) is 10.6. The highest BCUT2D eigenvalue weighted by Crippen LogP contribution is 2.38. The number of rotatable bonds is 2. The molecule has 1 atom stereocenters. The minimum absolute atomic E-state index is 0.0865. The van der Waals surface area contributed by atoms with Crippen LogP contribution in [-0.4, -0.2) is 33.7 Å². The van der Waals surface area contributed by atoms with Crippen molar-refractivity contribution in [3.63, 3.8) is 0 Å². The maximum absolute atomic E-state index is 13.9. The van der Waals surface area contributed by atoms with Crippen LogP contribution in [0.5, 0.6) is 5.75 Å². The number of nitrogens with zero attached hydrogens (tertiary/aromatic N) is 3. The van der Waals surface area contributed by atoms with Gasteiger partial charge in [-0.15, -0.1) is 0 Å². The Labute approximate surface area is 183 Å². The van der Waals surface area contributed by atoms with Gasteiger partial charge in [0.05, 0.1) is 24.0 Å². The highest BCUT2D eigenvalue weighted by atomic mass is 19.2. The average Bonchev–Trinajstić information content (AvgIpc) is 3.13. The van der Waals surface area contributed by atoms with Crippen LogP contribution in [-0.2, 0) is 19.9 Å². The zero-order chi connectivity index (χ0) is 22.6. The van der Waals surface area contributed by atoms with Crippen LogP contribution in [0.15, 0.2) is 30.3 Å². The van der Waals surface area contributed by atoms with Gasteiger partial charge in [-0.1, -0.05) is 6.07 Å². The molecule has 0 N–H and O–H groups in total. The number of benzene rings is 2. The summed E-state index contributed by atoms with van der Waals surface area (Å²) in [6, 6.07) is 7.17. The monoisotopic (exact) mass is 441 g/mol. The van der Waals surface area contributed by atoms with Gasteiger partial charge < -0.3 is 9.64 Å². The molecule has 0 spiro atoms. The summed E-state index contributed by atoms with van der Waals surface area (Å²) in [6.07, 6.45) is 2.13. The summed E-state index contributed by atoms with van der Waals surface area (Å²) in [7, 11) is 1.68. The number of amides is 1. The van der Waals surface area contributed by atoms with Gasteiger partial charge in [0.25, 0.3) is 5.91 Å². The first kappa shape index (κ1) is 20.6. The van der Waals surface area contributed by atoms with E-state index in [0.717, 1.165) is 41.9 Å². The standard InChI is InChI=1S/C24H22F3N3O2/c1-13-22-17(23(29(2)28-22)14-11-18(25)21(27)19(26)12-14)8-9-30(13)24(31)16-5-3-7-20-15(16)6-4-10-32-20/h3,5,7,11-13H,4,6,8-10H2,1-2H3/t13-/m0/s1. The summed E-state index contributed by atoms with van der Waals surface area (Å²) >= 11 is 0. The second-order valence-corrected chi connectivity index (χ2v) is 8.25. The van der Waals surface area contributed by atoms with Crippen molar-refractivity contribution in [1.29, 1.82) is 0 Å². The first-order chi connectivity index (χ1) is 15.4. The summed E-state index contributed by atoms with van der Waals surface area (Å²) in [5, 5.41) is 4.56. The van der Waals surface area contributed by atoms with Gasteiger partial charge in [-0.25, -0.2) is 13.2 Å². The van der Waals surface area contributed by atoms with Gasteiger partial charge in [0, 0.05) is 35.8 Å². The molecule has 0 unspecified atom stereocenters. The quantitative estimate of drug-likeness (QED) is 0.547. The van der Waals surface area contributed by atoms with Crippen molar-refractivity contribution < 1.29 is 22.7 Å². The van der Waals surface area contributed by atoms with Crippen molar-refractivity contribution in [1.82, 2.24) is 14.7 Å². The first-order valence-electron chi connectivity index (χ1n) is 10.6. The van der Waals surface area contributed by atoms with Gasteiger partial charge in [0.1, 0.15) is 5.75 Å². The predicted octanol–water partition coefficient (Wildman–Crippen LogP) is 4.59. The molecule has 2 aliphatic rings. The average molecular weight is 441 g/mol. The fourth-order valence-electron chi connectivity index (χ4n) is 4.82. The Morgan fingerprint density at radius 1 is 1.12 bits per heavy atom. The van der Waals surface area contributed by atoms with E-state index < -0.39 is 17.5 Å². The van der Waals surface area contributed by atoms with Gasteiger partial charge in [-0.3, -0.25) is 9.48 Å². The van der Waals surface area contributed by atoms with E-state index in [0.29, 0.717) is 36.5 Å². The zero-order valence-electron chi connectivity index (χ0n) is 17.8. The third-order valence-corrected chi connectivity index (χ3v) is 6.35. The van der Waals surface area contributed by atoms with Crippen LogP contribution in [0.1, 0.15) is 46.6 Å². The summed E-state index contributed by atoms with van der Waals surface area (Å²) < 4.78 is 48.4. The number of carbonyl (C=O) groups excluding carboxylic acids is 1. The fourth-order valence-corrected chi connectivity index (χ4v) is 4.82. The molecular weight excluding hydrogens is 419 g/mol. The van der Waals surface area contributed by atoms with E-state index in [-0.39, 0.29) is 17.5 Å². The minimum Gasteiger partial charge on any atom is -0.493 e. The molecule has 0 aliphatic carbocycles. The molecule has 5 nitrogen and oxygen atoms in total. The normalized spacial score (nSPS) is 17.5. The Hall–Kier alpha value is -3.29. The molecule has 1 aromatic heterocycles. The topological polar surface area (TPSA) is 47.4 Å². The summed E-state index contributed by atoms with van der Waals surface area (Å²) in [5.41, 5.74) is 3.80. The van der Waals surface area contributed by atoms with E-state index >= 15 is 0 Å². The lowest BCUT2D eigenvalue weighted by molar-refractivity contribution is 0.0671. The third kappa shape index (κ3) is 3.16. The van der Waals surface area contributed by atoms with Crippen LogP contribution in [0.4, 0.5) is 13.2 Å². The van der Waals surface area contributed by atoms with Gasteiger partial charge in [-0.2, -0.15) is 5.10 Å². The van der Waals surface area contributed by atoms with E-state index in [1.54, 1.807) is 16.6 Å². The van der Waals surface area contributed by atoms with E-state index in [1.807, 2.05) is 25.1 Å². The Kier molecular flexibility index (Phi) is 4.95. The van der Waals surface area contributed by atoms with Crippen molar-refractivity contribution in [2.24, 2.45) is 7.05 Å². The van der Waals surface area contributed by atoms with Crippen LogP contribution in [0.25, 0.3) is 11.3 Å². The maximum atomic E-state index is 13.9. The number of hydrogen-bond acceptors (Lipinski definition) is 3. The lowest BCUT2D eigenvalue weighted by Crippen LogP contribution is -2.39. The van der Waals surface area contributed by atoms with Crippen molar-refractivity contribution in [2.75, 3.05) is 13.2 Å². The van der Waals surface area contributed by atoms with Crippen molar-refractivity contribution in [2.45, 2.75) is 32.2 Å². The minimum atomic E-state index is -1.50. The number of ether oxygens (including phenoxy) is 1. The third-order valence-electron chi connectivity index (χ3n) is 6.35. The van der Waals surface area contributed by atoms with Crippen molar-refractivity contribution >= 4 is 5.91 Å². The predicted molar refractivity (Wildman–Crippen MR) is 112 cm³/mol. The number of aromatic nitrogens is 2. The smallest absolute Gasteiger partial charge is 0.254 e. The Morgan fingerprint density at radius 2 is 1.88 bits per heavy atom. The Balaban J connectivity index is 1.51. The molecule has 0 bridgehead atoms. The lowest BCUT2D eigenvalue weighted by atomic mass is 9.93. The number of hydrogen-bond donors (Lipinski definition) is 0. The summed E-state index contributed by atoms with van der Waals surface area (Å²) in [5.74, 6) is -3.31. The molecule has 2 aromatic carbocycles.